The molecule has 0 aliphatic heterocycles. The zero-order chi connectivity index (χ0) is 14.8. The van der Waals surface area contributed by atoms with Crippen molar-refractivity contribution in [1.29, 1.82) is 0 Å². The van der Waals surface area contributed by atoms with E-state index in [1.165, 1.54) is 16.0 Å². The third kappa shape index (κ3) is 3.73. The van der Waals surface area contributed by atoms with Crippen molar-refractivity contribution in [2.24, 2.45) is 0 Å². The monoisotopic (exact) mass is 290 g/mol. The van der Waals surface area contributed by atoms with Gasteiger partial charge in [0, 0.05) is 18.9 Å². The number of aromatic nitrogens is 1. The van der Waals surface area contributed by atoms with Crippen LogP contribution in [-0.4, -0.2) is 36.2 Å². The zero-order valence-electron chi connectivity index (χ0n) is 12.6. The minimum atomic E-state index is -0.803. The summed E-state index contributed by atoms with van der Waals surface area (Å²) in [7, 11) is -0.803. The number of pyridine rings is 1. The molecule has 4 heteroatoms. The van der Waals surface area contributed by atoms with Crippen molar-refractivity contribution in [3.8, 4) is 0 Å². The van der Waals surface area contributed by atoms with Crippen molar-refractivity contribution >= 4 is 26.8 Å². The zero-order valence-corrected chi connectivity index (χ0v) is 13.4. The highest BCUT2D eigenvalue weighted by molar-refractivity contribution is 8.32. The molecule has 2 aromatic rings. The summed E-state index contributed by atoms with van der Waals surface area (Å²) >= 11 is 0. The first-order chi connectivity index (χ1) is 9.36. The number of benzene rings is 1. The number of carbonyl (C=O) groups is 1. The third-order valence-electron chi connectivity index (χ3n) is 3.15. The quantitative estimate of drug-likeness (QED) is 0.940. The van der Waals surface area contributed by atoms with Gasteiger partial charge in [0.2, 0.25) is 5.91 Å². The smallest absolute Gasteiger partial charge is 0.216 e. The van der Waals surface area contributed by atoms with Gasteiger partial charge in [-0.25, -0.2) is 15.0 Å². The average molecular weight is 290 g/mol. The molecule has 20 heavy (non-hydrogen) atoms. The molecule has 1 heterocycles. The van der Waals surface area contributed by atoms with Crippen LogP contribution in [0.5, 0.6) is 0 Å². The molecule has 0 radical (unpaired) electrons. The van der Waals surface area contributed by atoms with Crippen LogP contribution in [-0.2, 0) is 11.2 Å². The fraction of sp³-hybridized carbons (Fsp3) is 0.375. The molecule has 2 rings (SSSR count). The summed E-state index contributed by atoms with van der Waals surface area (Å²) in [5, 5.41) is 5.17. The first-order valence-corrected chi connectivity index (χ1v) is 9.54. The van der Waals surface area contributed by atoms with Crippen molar-refractivity contribution in [3.05, 3.63) is 35.9 Å². The van der Waals surface area contributed by atoms with E-state index >= 15 is 0 Å². The lowest BCUT2D eigenvalue weighted by molar-refractivity contribution is -0.118. The maximum atomic E-state index is 10.9. The number of fused-ring (bicyclic) bond motifs is 1. The van der Waals surface area contributed by atoms with E-state index in [1.54, 1.807) is 6.92 Å². The molecule has 0 bridgehead atoms. The van der Waals surface area contributed by atoms with Crippen molar-refractivity contribution in [2.75, 3.05) is 25.3 Å². The van der Waals surface area contributed by atoms with Crippen LogP contribution in [0.3, 0.4) is 0 Å². The predicted octanol–water partition coefficient (Wildman–Crippen LogP) is 2.97. The summed E-state index contributed by atoms with van der Waals surface area (Å²) in [6.45, 7) is 2.21. The van der Waals surface area contributed by atoms with E-state index in [0.717, 1.165) is 11.9 Å². The molecular weight excluding hydrogens is 268 g/mol. The summed E-state index contributed by atoms with van der Waals surface area (Å²) < 4.78 is 0. The van der Waals surface area contributed by atoms with Gasteiger partial charge < -0.3 is 5.32 Å². The maximum Gasteiger partial charge on any atom is 0.216 e. The van der Waals surface area contributed by atoms with Crippen LogP contribution in [0.2, 0.25) is 0 Å². The Morgan fingerprint density at radius 2 is 1.90 bits per heavy atom. The molecule has 108 valence electrons. The van der Waals surface area contributed by atoms with Gasteiger partial charge in [-0.15, -0.1) is 0 Å². The molecule has 0 spiro atoms. The molecule has 1 aromatic heterocycles. The minimum Gasteiger partial charge on any atom is -0.356 e. The lowest BCUT2D eigenvalue weighted by Gasteiger charge is -2.24. The number of rotatable bonds is 4. The van der Waals surface area contributed by atoms with E-state index in [0.29, 0.717) is 6.54 Å². The van der Waals surface area contributed by atoms with Gasteiger partial charge in [-0.2, -0.15) is 0 Å². The van der Waals surface area contributed by atoms with E-state index < -0.39 is 10.0 Å². The van der Waals surface area contributed by atoms with Crippen LogP contribution >= 0.6 is 10.0 Å². The van der Waals surface area contributed by atoms with E-state index in [-0.39, 0.29) is 5.91 Å². The van der Waals surface area contributed by atoms with Gasteiger partial charge >= 0.3 is 0 Å². The van der Waals surface area contributed by atoms with Crippen LogP contribution in [0.25, 0.3) is 10.9 Å². The summed E-state index contributed by atoms with van der Waals surface area (Å²) in [5.74, 6) is 0.0162. The lowest BCUT2D eigenvalue weighted by atomic mass is 10.1. The fourth-order valence-corrected chi connectivity index (χ4v) is 2.87. The molecule has 1 N–H and O–H groups in total. The maximum absolute atomic E-state index is 10.9. The number of hydrogen-bond donors (Lipinski definition) is 1. The molecule has 3 nitrogen and oxygen atoms in total. The van der Waals surface area contributed by atoms with Crippen molar-refractivity contribution in [1.82, 2.24) is 10.3 Å². The molecule has 0 saturated carbocycles. The average Bonchev–Trinajstić information content (AvgIpc) is 2.36. The molecule has 0 fully saturated rings. The number of carbonyl (C=O) groups excluding carboxylic acids is 1. The van der Waals surface area contributed by atoms with Crippen molar-refractivity contribution in [2.45, 2.75) is 18.4 Å². The van der Waals surface area contributed by atoms with E-state index in [1.807, 2.05) is 0 Å². The van der Waals surface area contributed by atoms with Gasteiger partial charge in [0.15, 0.2) is 0 Å². The van der Waals surface area contributed by atoms with Crippen LogP contribution < -0.4 is 5.32 Å². The topological polar surface area (TPSA) is 42.0 Å². The SMILES string of the molecule is CC(=O)NCCc1ccc2ccc(S(C)(C)C)nc2c1. The van der Waals surface area contributed by atoms with Crippen LogP contribution in [0.4, 0.5) is 0 Å². The Balaban J connectivity index is 2.25. The molecule has 0 aliphatic carbocycles. The molecule has 0 saturated heterocycles. The summed E-state index contributed by atoms with van der Waals surface area (Å²) in [6, 6.07) is 10.6. The first-order valence-electron chi connectivity index (χ1n) is 6.69. The highest BCUT2D eigenvalue weighted by Crippen LogP contribution is 2.44. The van der Waals surface area contributed by atoms with Gasteiger partial charge in [-0.3, -0.25) is 4.79 Å². The number of amides is 1. The molecular formula is C16H22N2OS. The van der Waals surface area contributed by atoms with Crippen LogP contribution in [0, 0.1) is 0 Å². The minimum absolute atomic E-state index is 0.0162. The summed E-state index contributed by atoms with van der Waals surface area (Å²) in [5.41, 5.74) is 2.25. The Labute approximate surface area is 122 Å². The lowest BCUT2D eigenvalue weighted by Crippen LogP contribution is -2.22. The van der Waals surface area contributed by atoms with Gasteiger partial charge in [-0.1, -0.05) is 18.2 Å². The second kappa shape index (κ2) is 5.83. The standard InChI is InChI=1S/C16H22N2OS/c1-12(19)17-10-9-13-5-6-14-7-8-16(20(2,3)4)18-15(14)11-13/h5-8,11H,9-10H2,1-4H3,(H,17,19). The Hall–Kier alpha value is -1.55. The second-order valence-electron chi connectivity index (χ2n) is 5.75. The molecule has 1 aromatic carbocycles. The molecule has 0 unspecified atom stereocenters. The molecule has 0 atom stereocenters. The summed E-state index contributed by atoms with van der Waals surface area (Å²) in [4.78, 5) is 15.7. The van der Waals surface area contributed by atoms with E-state index in [9.17, 15) is 4.79 Å². The predicted molar refractivity (Wildman–Crippen MR) is 87.8 cm³/mol. The van der Waals surface area contributed by atoms with Gasteiger partial charge in [0.1, 0.15) is 0 Å². The highest BCUT2D eigenvalue weighted by Gasteiger charge is 2.10. The van der Waals surface area contributed by atoms with Gasteiger partial charge in [-0.05, 0) is 42.9 Å². The number of nitrogens with one attached hydrogen (secondary N) is 1. The Morgan fingerprint density at radius 1 is 1.20 bits per heavy atom. The Morgan fingerprint density at radius 3 is 2.55 bits per heavy atom. The van der Waals surface area contributed by atoms with E-state index in [2.05, 4.69) is 54.4 Å². The third-order valence-corrected chi connectivity index (χ3v) is 4.63. The van der Waals surface area contributed by atoms with Crippen molar-refractivity contribution < 1.29 is 4.79 Å². The van der Waals surface area contributed by atoms with Gasteiger partial charge in [0.25, 0.3) is 0 Å². The normalized spacial score (nSPS) is 12.4. The number of nitrogens with zero attached hydrogens (tertiary/aromatic N) is 1. The second-order valence-corrected chi connectivity index (χ2v) is 9.84. The fourth-order valence-electron chi connectivity index (χ4n) is 2.02. The van der Waals surface area contributed by atoms with Gasteiger partial charge in [0.05, 0.1) is 10.5 Å². The Bertz CT molecular complexity index is 632. The highest BCUT2D eigenvalue weighted by atomic mass is 32.3. The number of hydrogen-bond acceptors (Lipinski definition) is 2. The molecule has 0 aliphatic rings. The Kier molecular flexibility index (Phi) is 4.33. The van der Waals surface area contributed by atoms with Crippen LogP contribution in [0.15, 0.2) is 35.4 Å². The van der Waals surface area contributed by atoms with E-state index in [4.69, 9.17) is 4.98 Å². The van der Waals surface area contributed by atoms with Crippen molar-refractivity contribution in [3.63, 3.8) is 0 Å². The molecule has 1 amide bonds. The summed E-state index contributed by atoms with van der Waals surface area (Å²) in [6.07, 6.45) is 7.59. The largest absolute Gasteiger partial charge is 0.356 e. The van der Waals surface area contributed by atoms with Crippen LogP contribution in [0.1, 0.15) is 12.5 Å². The first kappa shape index (κ1) is 14.9.